The molecule has 0 heterocycles. The number of amides is 2. The second-order valence-corrected chi connectivity index (χ2v) is 8.35. The lowest BCUT2D eigenvalue weighted by Crippen LogP contribution is -2.51. The number of hydrogen-bond acceptors (Lipinski definition) is 3. The van der Waals surface area contributed by atoms with Gasteiger partial charge in [0, 0.05) is 17.6 Å². The van der Waals surface area contributed by atoms with Gasteiger partial charge in [-0.2, -0.15) is 0 Å². The highest BCUT2D eigenvalue weighted by Gasteiger charge is 2.28. The van der Waals surface area contributed by atoms with E-state index < -0.39 is 6.04 Å². The standard InChI is InChI=1S/C24H28ClFN2O3/c1-17(24(30)27-21-8-3-2-4-9-21)28(15-18-6-5-7-19(25)14-18)23(29)16-31-22-12-10-20(26)11-13-22/h5-7,10-14,17,21H,2-4,8-9,15-16H2,1H3,(H,27,30). The van der Waals surface area contributed by atoms with Crippen LogP contribution in [0.25, 0.3) is 0 Å². The van der Waals surface area contributed by atoms with E-state index in [0.29, 0.717) is 10.8 Å². The van der Waals surface area contributed by atoms with Crippen LogP contribution < -0.4 is 10.1 Å². The molecule has 2 aromatic carbocycles. The van der Waals surface area contributed by atoms with Crippen LogP contribution in [0.15, 0.2) is 48.5 Å². The molecule has 0 spiro atoms. The average molecular weight is 447 g/mol. The molecule has 0 saturated heterocycles. The van der Waals surface area contributed by atoms with E-state index in [4.69, 9.17) is 16.3 Å². The van der Waals surface area contributed by atoms with Gasteiger partial charge in [-0.3, -0.25) is 9.59 Å². The zero-order valence-electron chi connectivity index (χ0n) is 17.7. The quantitative estimate of drug-likeness (QED) is 0.638. The average Bonchev–Trinajstić information content (AvgIpc) is 2.77. The molecule has 166 valence electrons. The maximum absolute atomic E-state index is 13.1. The Kier molecular flexibility index (Phi) is 8.29. The van der Waals surface area contributed by atoms with Gasteiger partial charge in [-0.15, -0.1) is 0 Å². The van der Waals surface area contributed by atoms with Gasteiger partial charge in [0.25, 0.3) is 5.91 Å². The molecular formula is C24H28ClFN2O3. The summed E-state index contributed by atoms with van der Waals surface area (Å²) in [6.45, 7) is 1.69. The topological polar surface area (TPSA) is 58.6 Å². The molecule has 1 fully saturated rings. The van der Waals surface area contributed by atoms with Crippen molar-refractivity contribution < 1.29 is 18.7 Å². The van der Waals surface area contributed by atoms with Crippen LogP contribution in [0, 0.1) is 5.82 Å². The van der Waals surface area contributed by atoms with Crippen LogP contribution in [0.2, 0.25) is 5.02 Å². The van der Waals surface area contributed by atoms with Crippen molar-refractivity contribution in [1.29, 1.82) is 0 Å². The number of carbonyl (C=O) groups excluding carboxylic acids is 2. The zero-order chi connectivity index (χ0) is 22.2. The number of nitrogens with one attached hydrogen (secondary N) is 1. The first-order chi connectivity index (χ1) is 14.9. The molecule has 1 atom stereocenters. The Bertz CT molecular complexity index is 885. The molecule has 2 amide bonds. The van der Waals surface area contributed by atoms with Gasteiger partial charge >= 0.3 is 0 Å². The second kappa shape index (κ2) is 11.1. The van der Waals surface area contributed by atoms with Crippen LogP contribution >= 0.6 is 11.6 Å². The third-order valence-electron chi connectivity index (χ3n) is 5.54. The molecule has 5 nitrogen and oxygen atoms in total. The molecule has 31 heavy (non-hydrogen) atoms. The molecule has 1 unspecified atom stereocenters. The van der Waals surface area contributed by atoms with Crippen LogP contribution in [-0.2, 0) is 16.1 Å². The molecule has 1 saturated carbocycles. The number of benzene rings is 2. The lowest BCUT2D eigenvalue weighted by Gasteiger charge is -2.31. The molecule has 0 aromatic heterocycles. The minimum atomic E-state index is -0.676. The van der Waals surface area contributed by atoms with E-state index in [1.807, 2.05) is 12.1 Å². The van der Waals surface area contributed by atoms with E-state index in [-0.39, 0.29) is 36.8 Å². The highest BCUT2D eigenvalue weighted by atomic mass is 35.5. The molecule has 3 rings (SSSR count). The predicted octanol–water partition coefficient (Wildman–Crippen LogP) is 4.72. The summed E-state index contributed by atoms with van der Waals surface area (Å²) in [5.41, 5.74) is 0.819. The smallest absolute Gasteiger partial charge is 0.261 e. The minimum absolute atomic E-state index is 0.155. The Balaban J connectivity index is 1.70. The van der Waals surface area contributed by atoms with E-state index in [0.717, 1.165) is 31.2 Å². The van der Waals surface area contributed by atoms with Gasteiger partial charge in [-0.1, -0.05) is 43.0 Å². The summed E-state index contributed by atoms with van der Waals surface area (Å²) >= 11 is 6.09. The van der Waals surface area contributed by atoms with Crippen molar-refractivity contribution in [2.24, 2.45) is 0 Å². The van der Waals surface area contributed by atoms with Gasteiger partial charge in [0.1, 0.15) is 17.6 Å². The van der Waals surface area contributed by atoms with Crippen molar-refractivity contribution in [2.45, 2.75) is 57.7 Å². The van der Waals surface area contributed by atoms with Gasteiger partial charge in [0.15, 0.2) is 6.61 Å². The number of ether oxygens (including phenoxy) is 1. The maximum atomic E-state index is 13.1. The van der Waals surface area contributed by atoms with E-state index in [9.17, 15) is 14.0 Å². The molecule has 0 bridgehead atoms. The highest BCUT2D eigenvalue weighted by molar-refractivity contribution is 6.30. The van der Waals surface area contributed by atoms with Crippen LogP contribution in [0.1, 0.15) is 44.6 Å². The summed E-state index contributed by atoms with van der Waals surface area (Å²) in [5, 5.41) is 3.65. The van der Waals surface area contributed by atoms with Crippen molar-refractivity contribution in [1.82, 2.24) is 10.2 Å². The Morgan fingerprint density at radius 2 is 1.87 bits per heavy atom. The van der Waals surface area contributed by atoms with Crippen molar-refractivity contribution >= 4 is 23.4 Å². The van der Waals surface area contributed by atoms with Crippen LogP contribution in [0.5, 0.6) is 5.75 Å². The Labute approximate surface area is 187 Å². The predicted molar refractivity (Wildman–Crippen MR) is 118 cm³/mol. The fourth-order valence-electron chi connectivity index (χ4n) is 3.74. The first kappa shape index (κ1) is 23.1. The van der Waals surface area contributed by atoms with Crippen molar-refractivity contribution in [3.05, 3.63) is 64.9 Å². The lowest BCUT2D eigenvalue weighted by atomic mass is 9.95. The molecule has 2 aromatic rings. The largest absolute Gasteiger partial charge is 0.484 e. The summed E-state index contributed by atoms with van der Waals surface area (Å²) in [7, 11) is 0. The Hall–Kier alpha value is -2.60. The zero-order valence-corrected chi connectivity index (χ0v) is 18.4. The first-order valence-corrected chi connectivity index (χ1v) is 11.0. The monoisotopic (exact) mass is 446 g/mol. The summed E-state index contributed by atoms with van der Waals surface area (Å²) in [5.74, 6) is -0.509. The maximum Gasteiger partial charge on any atom is 0.261 e. The molecule has 1 aliphatic carbocycles. The van der Waals surface area contributed by atoms with E-state index in [2.05, 4.69) is 5.32 Å². The van der Waals surface area contributed by atoms with Gasteiger partial charge in [-0.05, 0) is 61.7 Å². The van der Waals surface area contributed by atoms with E-state index in [1.165, 1.54) is 35.6 Å². The number of rotatable bonds is 8. The van der Waals surface area contributed by atoms with Crippen LogP contribution in [-0.4, -0.2) is 35.4 Å². The van der Waals surface area contributed by atoms with Crippen molar-refractivity contribution in [3.63, 3.8) is 0 Å². The van der Waals surface area contributed by atoms with Crippen molar-refractivity contribution in [2.75, 3.05) is 6.61 Å². The Morgan fingerprint density at radius 3 is 2.55 bits per heavy atom. The summed E-state index contributed by atoms with van der Waals surface area (Å²) in [6.07, 6.45) is 5.34. The molecule has 0 radical (unpaired) electrons. The third kappa shape index (κ3) is 6.96. The van der Waals surface area contributed by atoms with Gasteiger partial charge in [-0.25, -0.2) is 4.39 Å². The summed E-state index contributed by atoms with van der Waals surface area (Å²) in [4.78, 5) is 27.4. The van der Waals surface area contributed by atoms with Gasteiger partial charge < -0.3 is 15.0 Å². The fraction of sp³-hybridized carbons (Fsp3) is 0.417. The number of halogens is 2. The van der Waals surface area contributed by atoms with Crippen molar-refractivity contribution in [3.8, 4) is 5.75 Å². The van der Waals surface area contributed by atoms with E-state index in [1.54, 1.807) is 19.1 Å². The third-order valence-corrected chi connectivity index (χ3v) is 5.77. The molecule has 0 aliphatic heterocycles. The minimum Gasteiger partial charge on any atom is -0.484 e. The molecular weight excluding hydrogens is 419 g/mol. The molecule has 1 aliphatic rings. The lowest BCUT2D eigenvalue weighted by molar-refractivity contribution is -0.142. The van der Waals surface area contributed by atoms with Gasteiger partial charge in [0.2, 0.25) is 5.91 Å². The summed E-state index contributed by atoms with van der Waals surface area (Å²) in [6, 6.07) is 12.1. The van der Waals surface area contributed by atoms with Crippen LogP contribution in [0.4, 0.5) is 4.39 Å². The SMILES string of the molecule is CC(C(=O)NC1CCCCC1)N(Cc1cccc(Cl)c1)C(=O)COc1ccc(F)cc1. The summed E-state index contributed by atoms with van der Waals surface area (Å²) < 4.78 is 18.6. The first-order valence-electron chi connectivity index (χ1n) is 10.6. The van der Waals surface area contributed by atoms with E-state index >= 15 is 0 Å². The molecule has 1 N–H and O–H groups in total. The number of nitrogens with zero attached hydrogens (tertiary/aromatic N) is 1. The fourth-order valence-corrected chi connectivity index (χ4v) is 3.96. The Morgan fingerprint density at radius 1 is 1.16 bits per heavy atom. The highest BCUT2D eigenvalue weighted by Crippen LogP contribution is 2.19. The normalized spacial score (nSPS) is 15.2. The number of carbonyl (C=O) groups is 2. The second-order valence-electron chi connectivity index (χ2n) is 7.91. The molecule has 7 heteroatoms. The van der Waals surface area contributed by atoms with Crippen LogP contribution in [0.3, 0.4) is 0 Å². The number of hydrogen-bond donors (Lipinski definition) is 1. The van der Waals surface area contributed by atoms with Gasteiger partial charge in [0.05, 0.1) is 0 Å².